The van der Waals surface area contributed by atoms with E-state index in [9.17, 15) is 5.11 Å². The fraction of sp³-hybridized carbons (Fsp3) is 0.700. The van der Waals surface area contributed by atoms with Gasteiger partial charge < -0.3 is 5.11 Å². The van der Waals surface area contributed by atoms with Crippen molar-refractivity contribution in [2.24, 2.45) is 23.2 Å². The monoisotopic (exact) mass is 288 g/mol. The molecule has 5 unspecified atom stereocenters. The lowest BCUT2D eigenvalue weighted by Gasteiger charge is -2.49. The summed E-state index contributed by atoms with van der Waals surface area (Å²) in [7, 11) is 0. The van der Waals surface area contributed by atoms with Crippen LogP contribution in [0.4, 0.5) is 0 Å². The van der Waals surface area contributed by atoms with Crippen LogP contribution in [0.2, 0.25) is 0 Å². The Morgan fingerprint density at radius 3 is 2.86 bits per heavy atom. The van der Waals surface area contributed by atoms with E-state index in [4.69, 9.17) is 0 Å². The predicted molar refractivity (Wildman–Crippen MR) is 91.1 cm³/mol. The first-order valence-corrected chi connectivity index (χ1v) is 8.52. The van der Waals surface area contributed by atoms with Crippen molar-refractivity contribution in [3.8, 4) is 0 Å². The molecule has 0 aromatic heterocycles. The molecule has 1 N–H and O–H groups in total. The van der Waals surface area contributed by atoms with Crippen molar-refractivity contribution in [2.75, 3.05) is 0 Å². The van der Waals surface area contributed by atoms with Crippen LogP contribution in [-0.4, -0.2) is 11.2 Å². The van der Waals surface area contributed by atoms with Crippen LogP contribution in [0.3, 0.4) is 0 Å². The van der Waals surface area contributed by atoms with Gasteiger partial charge in [0.05, 0.1) is 6.10 Å². The molecule has 1 heteroatoms. The van der Waals surface area contributed by atoms with E-state index in [0.29, 0.717) is 17.8 Å². The summed E-state index contributed by atoms with van der Waals surface area (Å²) in [4.78, 5) is 0. The normalized spacial score (nSPS) is 36.7. The Morgan fingerprint density at radius 2 is 2.19 bits per heavy atom. The molecule has 0 radical (unpaired) electrons. The number of aliphatic hydroxyl groups is 1. The van der Waals surface area contributed by atoms with Crippen molar-refractivity contribution in [2.45, 2.75) is 66.4 Å². The minimum absolute atomic E-state index is 0.161. The molecular formula is C20H32O. The molecule has 118 valence electrons. The van der Waals surface area contributed by atoms with Gasteiger partial charge >= 0.3 is 0 Å². The molecule has 1 nitrogen and oxygen atoms in total. The topological polar surface area (TPSA) is 20.2 Å². The third-order valence-corrected chi connectivity index (χ3v) is 5.74. The molecule has 1 fully saturated rings. The van der Waals surface area contributed by atoms with Gasteiger partial charge in [-0.2, -0.15) is 0 Å². The van der Waals surface area contributed by atoms with Crippen LogP contribution >= 0.6 is 0 Å². The summed E-state index contributed by atoms with van der Waals surface area (Å²) in [6, 6.07) is 0. The lowest BCUT2D eigenvalue weighted by Crippen LogP contribution is -2.47. The molecule has 0 saturated heterocycles. The third-order valence-electron chi connectivity index (χ3n) is 5.74. The van der Waals surface area contributed by atoms with Crippen molar-refractivity contribution in [1.82, 2.24) is 0 Å². The zero-order valence-electron chi connectivity index (χ0n) is 14.4. The zero-order chi connectivity index (χ0) is 15.6. The van der Waals surface area contributed by atoms with Crippen LogP contribution in [0, 0.1) is 23.2 Å². The average molecular weight is 288 g/mol. The van der Waals surface area contributed by atoms with E-state index >= 15 is 0 Å². The first-order chi connectivity index (χ1) is 9.85. The molecule has 0 aromatic rings. The fourth-order valence-electron chi connectivity index (χ4n) is 4.41. The van der Waals surface area contributed by atoms with Crippen molar-refractivity contribution < 1.29 is 5.11 Å². The fourth-order valence-corrected chi connectivity index (χ4v) is 4.41. The molecule has 2 aliphatic rings. The van der Waals surface area contributed by atoms with Gasteiger partial charge in [0.15, 0.2) is 0 Å². The summed E-state index contributed by atoms with van der Waals surface area (Å²) in [6.07, 6.45) is 13.5. The van der Waals surface area contributed by atoms with Crippen LogP contribution in [0.25, 0.3) is 0 Å². The van der Waals surface area contributed by atoms with Crippen LogP contribution in [0.5, 0.6) is 0 Å². The van der Waals surface area contributed by atoms with E-state index in [1.165, 1.54) is 24.0 Å². The summed E-state index contributed by atoms with van der Waals surface area (Å²) in [6.45, 7) is 11.2. The van der Waals surface area contributed by atoms with Crippen LogP contribution in [0.1, 0.15) is 60.3 Å². The minimum atomic E-state index is -0.188. The number of fused-ring (bicyclic) bond motifs is 1. The second kappa shape index (κ2) is 6.52. The first-order valence-electron chi connectivity index (χ1n) is 8.52. The number of rotatable bonds is 4. The van der Waals surface area contributed by atoms with Crippen molar-refractivity contribution >= 4 is 0 Å². The van der Waals surface area contributed by atoms with Gasteiger partial charge in [0.25, 0.3) is 0 Å². The van der Waals surface area contributed by atoms with E-state index in [0.717, 1.165) is 12.8 Å². The van der Waals surface area contributed by atoms with E-state index in [1.54, 1.807) is 0 Å². The molecule has 5 atom stereocenters. The lowest BCUT2D eigenvalue weighted by molar-refractivity contribution is -0.0413. The second-order valence-electron chi connectivity index (χ2n) is 7.78. The second-order valence-corrected chi connectivity index (χ2v) is 7.78. The molecule has 0 aromatic carbocycles. The highest BCUT2D eigenvalue weighted by atomic mass is 16.3. The van der Waals surface area contributed by atoms with Gasteiger partial charge in [-0.1, -0.05) is 49.3 Å². The molecular weight excluding hydrogens is 256 g/mol. The van der Waals surface area contributed by atoms with E-state index in [1.807, 2.05) is 0 Å². The van der Waals surface area contributed by atoms with Crippen LogP contribution in [-0.2, 0) is 0 Å². The lowest BCUT2D eigenvalue weighted by atomic mass is 9.57. The molecule has 21 heavy (non-hydrogen) atoms. The summed E-state index contributed by atoms with van der Waals surface area (Å²) < 4.78 is 0. The number of aliphatic hydroxyl groups excluding tert-OH is 1. The third kappa shape index (κ3) is 3.51. The molecule has 2 rings (SSSR count). The zero-order valence-corrected chi connectivity index (χ0v) is 14.4. The molecule has 0 amide bonds. The largest absolute Gasteiger partial charge is 0.392 e. The van der Waals surface area contributed by atoms with Crippen LogP contribution in [0.15, 0.2) is 35.5 Å². The summed E-state index contributed by atoms with van der Waals surface area (Å²) >= 11 is 0. The van der Waals surface area contributed by atoms with Crippen molar-refractivity contribution in [3.63, 3.8) is 0 Å². The molecule has 0 spiro atoms. The van der Waals surface area contributed by atoms with E-state index < -0.39 is 0 Å². The standard InChI is InChI=1S/C20H32O/c1-14(2)8-6-9-15(3)17-11-13-20(5)12-7-10-16(4)18(20)19(17)21/h7-8,10,12,15,17-19,21H,6,9,11,13H2,1-5H3. The van der Waals surface area contributed by atoms with E-state index in [-0.39, 0.29) is 11.5 Å². The van der Waals surface area contributed by atoms with Gasteiger partial charge in [0.1, 0.15) is 0 Å². The van der Waals surface area contributed by atoms with Gasteiger partial charge in [0, 0.05) is 5.92 Å². The predicted octanol–water partition coefficient (Wildman–Crippen LogP) is 5.28. The SMILES string of the molecule is CC(C)=CCCC(C)C1CCC2(C)C=CC=C(C)C2C1O. The molecule has 0 aliphatic heterocycles. The Balaban J connectivity index is 2.06. The summed E-state index contributed by atoms with van der Waals surface area (Å²) in [5, 5.41) is 11.0. The summed E-state index contributed by atoms with van der Waals surface area (Å²) in [5.74, 6) is 1.36. The van der Waals surface area contributed by atoms with Crippen molar-refractivity contribution in [3.05, 3.63) is 35.5 Å². The maximum atomic E-state index is 11.0. The summed E-state index contributed by atoms with van der Waals surface area (Å²) in [5.41, 5.74) is 2.91. The number of hydrogen-bond acceptors (Lipinski definition) is 1. The van der Waals surface area contributed by atoms with Gasteiger partial charge in [-0.05, 0) is 63.7 Å². The first kappa shape index (κ1) is 16.5. The maximum Gasteiger partial charge on any atom is 0.0644 e. The highest BCUT2D eigenvalue weighted by molar-refractivity contribution is 5.28. The van der Waals surface area contributed by atoms with Gasteiger partial charge in [-0.15, -0.1) is 0 Å². The smallest absolute Gasteiger partial charge is 0.0644 e. The van der Waals surface area contributed by atoms with Crippen molar-refractivity contribution in [1.29, 1.82) is 0 Å². The number of hydrogen-bond donors (Lipinski definition) is 1. The van der Waals surface area contributed by atoms with Gasteiger partial charge in [-0.3, -0.25) is 0 Å². The molecule has 2 aliphatic carbocycles. The Bertz CT molecular complexity index is 452. The Labute approximate surface area is 130 Å². The minimum Gasteiger partial charge on any atom is -0.392 e. The molecule has 0 heterocycles. The molecule has 1 saturated carbocycles. The van der Waals surface area contributed by atoms with Crippen LogP contribution < -0.4 is 0 Å². The van der Waals surface area contributed by atoms with Gasteiger partial charge in [-0.25, -0.2) is 0 Å². The Kier molecular flexibility index (Phi) is 5.14. The number of allylic oxidation sites excluding steroid dienone is 5. The van der Waals surface area contributed by atoms with Gasteiger partial charge in [0.2, 0.25) is 0 Å². The maximum absolute atomic E-state index is 11.0. The quantitative estimate of drug-likeness (QED) is 0.698. The highest BCUT2D eigenvalue weighted by Gasteiger charge is 2.47. The average Bonchev–Trinajstić information content (AvgIpc) is 2.37. The highest BCUT2D eigenvalue weighted by Crippen LogP contribution is 2.51. The Hall–Kier alpha value is -0.820. The van der Waals surface area contributed by atoms with E-state index in [2.05, 4.69) is 58.9 Å². The Morgan fingerprint density at radius 1 is 1.48 bits per heavy atom. The molecule has 0 bridgehead atoms.